The number of rotatable bonds is 4. The quantitative estimate of drug-likeness (QED) is 0.801. The molecule has 1 N–H and O–H groups in total. The highest BCUT2D eigenvalue weighted by Crippen LogP contribution is 2.19. The summed E-state index contributed by atoms with van der Waals surface area (Å²) in [4.78, 5) is 23.7. The Morgan fingerprint density at radius 3 is 2.82 bits per heavy atom. The van der Waals surface area contributed by atoms with Gasteiger partial charge in [0, 0.05) is 23.5 Å². The Balaban J connectivity index is 1.82. The lowest BCUT2D eigenvalue weighted by atomic mass is 10.2. The van der Waals surface area contributed by atoms with Gasteiger partial charge in [-0.15, -0.1) is 0 Å². The fourth-order valence-corrected chi connectivity index (χ4v) is 2.85. The van der Waals surface area contributed by atoms with Crippen molar-refractivity contribution in [3.8, 4) is 5.69 Å². The van der Waals surface area contributed by atoms with Crippen molar-refractivity contribution in [2.24, 2.45) is 0 Å². The molecule has 22 heavy (non-hydrogen) atoms. The van der Waals surface area contributed by atoms with Gasteiger partial charge in [-0.3, -0.25) is 14.2 Å². The van der Waals surface area contributed by atoms with Crippen molar-refractivity contribution in [2.75, 3.05) is 5.32 Å². The molecule has 0 atom stereocenters. The van der Waals surface area contributed by atoms with E-state index in [4.69, 9.17) is 0 Å². The maximum Gasteiger partial charge on any atom is 0.307 e. The molecule has 0 aliphatic carbocycles. The molecule has 1 amide bonds. The van der Waals surface area contributed by atoms with E-state index in [0.29, 0.717) is 5.69 Å². The second-order valence-electron chi connectivity index (χ2n) is 4.75. The van der Waals surface area contributed by atoms with Gasteiger partial charge in [-0.2, -0.15) is 5.10 Å². The van der Waals surface area contributed by atoms with E-state index < -0.39 is 0 Å². The third kappa shape index (κ3) is 2.84. The van der Waals surface area contributed by atoms with Gasteiger partial charge in [0.25, 0.3) is 0 Å². The summed E-state index contributed by atoms with van der Waals surface area (Å²) >= 11 is 1.09. The smallest absolute Gasteiger partial charge is 0.307 e. The van der Waals surface area contributed by atoms with E-state index >= 15 is 0 Å². The number of hydrogen-bond donors (Lipinski definition) is 1. The van der Waals surface area contributed by atoms with E-state index in [9.17, 15) is 9.59 Å². The van der Waals surface area contributed by atoms with Crippen molar-refractivity contribution < 1.29 is 4.79 Å². The number of anilines is 1. The van der Waals surface area contributed by atoms with Crippen LogP contribution in [0.1, 0.15) is 5.69 Å². The number of carbonyl (C=O) groups excluding carboxylic acids is 1. The zero-order valence-corrected chi connectivity index (χ0v) is 12.7. The highest BCUT2D eigenvalue weighted by atomic mass is 32.1. The summed E-state index contributed by atoms with van der Waals surface area (Å²) < 4.78 is 3.13. The van der Waals surface area contributed by atoms with E-state index in [1.54, 1.807) is 28.5 Å². The molecule has 0 aliphatic rings. The second-order valence-corrected chi connectivity index (χ2v) is 5.57. The van der Waals surface area contributed by atoms with Crippen LogP contribution in [0, 0.1) is 6.92 Å². The molecule has 3 rings (SSSR count). The molecule has 2 heterocycles. The van der Waals surface area contributed by atoms with Crippen LogP contribution in [0.4, 0.5) is 5.69 Å². The lowest BCUT2D eigenvalue weighted by Gasteiger charge is -2.11. The molecule has 6 nitrogen and oxygen atoms in total. The third-order valence-electron chi connectivity index (χ3n) is 3.21. The van der Waals surface area contributed by atoms with Gasteiger partial charge in [0.15, 0.2) is 0 Å². The van der Waals surface area contributed by atoms with Crippen LogP contribution in [-0.2, 0) is 11.3 Å². The highest BCUT2D eigenvalue weighted by Gasteiger charge is 2.11. The molecule has 0 fully saturated rings. The Hall–Kier alpha value is -2.67. The van der Waals surface area contributed by atoms with Gasteiger partial charge in [-0.1, -0.05) is 23.5 Å². The molecule has 0 unspecified atom stereocenters. The molecule has 2 aromatic heterocycles. The highest BCUT2D eigenvalue weighted by molar-refractivity contribution is 7.07. The average Bonchev–Trinajstić information content (AvgIpc) is 3.13. The molecule has 3 aromatic rings. The summed E-state index contributed by atoms with van der Waals surface area (Å²) in [5, 5.41) is 8.75. The zero-order valence-electron chi connectivity index (χ0n) is 11.9. The van der Waals surface area contributed by atoms with Crippen LogP contribution < -0.4 is 10.2 Å². The Bertz CT molecular complexity index is 849. The normalized spacial score (nSPS) is 10.6. The molecule has 0 radical (unpaired) electrons. The number of para-hydroxylation sites is 2. The van der Waals surface area contributed by atoms with E-state index in [1.807, 2.05) is 31.2 Å². The van der Waals surface area contributed by atoms with Gasteiger partial charge >= 0.3 is 4.87 Å². The Morgan fingerprint density at radius 1 is 1.32 bits per heavy atom. The number of carbonyl (C=O) groups is 1. The summed E-state index contributed by atoms with van der Waals surface area (Å²) in [7, 11) is 0. The number of nitrogens with one attached hydrogen (secondary N) is 1. The lowest BCUT2D eigenvalue weighted by molar-refractivity contribution is -0.116. The van der Waals surface area contributed by atoms with Gasteiger partial charge in [-0.25, -0.2) is 4.68 Å². The first-order valence-corrected chi connectivity index (χ1v) is 7.57. The number of aryl methyl sites for hydroxylation is 1. The Labute approximate surface area is 130 Å². The lowest BCUT2D eigenvalue weighted by Crippen LogP contribution is -2.25. The monoisotopic (exact) mass is 314 g/mol. The van der Waals surface area contributed by atoms with Crippen molar-refractivity contribution >= 4 is 22.9 Å². The van der Waals surface area contributed by atoms with Crippen molar-refractivity contribution in [3.63, 3.8) is 0 Å². The Kier molecular flexibility index (Phi) is 3.88. The summed E-state index contributed by atoms with van der Waals surface area (Å²) in [6.07, 6.45) is 3.48. The standard InChI is InChI=1S/C15H14N4O2S/c1-11-10-22-15(21)18(11)9-14(20)17-12-5-2-3-6-13(12)19-8-4-7-16-19/h2-8,10H,9H2,1H3,(H,17,20). The number of nitrogens with zero attached hydrogens (tertiary/aromatic N) is 3. The molecule has 112 valence electrons. The number of amides is 1. The number of aromatic nitrogens is 3. The Morgan fingerprint density at radius 2 is 2.14 bits per heavy atom. The van der Waals surface area contributed by atoms with Gasteiger partial charge in [-0.05, 0) is 25.1 Å². The van der Waals surface area contributed by atoms with Crippen molar-refractivity contribution in [1.29, 1.82) is 0 Å². The molecule has 0 saturated carbocycles. The SMILES string of the molecule is Cc1csc(=O)n1CC(=O)Nc1ccccc1-n1cccn1. The van der Waals surface area contributed by atoms with Gasteiger partial charge in [0.05, 0.1) is 11.4 Å². The predicted octanol–water partition coefficient (Wildman–Crippen LogP) is 2.04. The van der Waals surface area contributed by atoms with Crippen LogP contribution in [-0.4, -0.2) is 20.3 Å². The topological polar surface area (TPSA) is 68.9 Å². The van der Waals surface area contributed by atoms with Crippen molar-refractivity contribution in [3.05, 3.63) is 63.5 Å². The van der Waals surface area contributed by atoms with Crippen molar-refractivity contribution in [2.45, 2.75) is 13.5 Å². The van der Waals surface area contributed by atoms with Gasteiger partial charge in [0.2, 0.25) is 5.91 Å². The summed E-state index contributed by atoms with van der Waals surface area (Å²) in [6, 6.07) is 9.19. The second kappa shape index (κ2) is 5.98. The number of thiazole rings is 1. The zero-order chi connectivity index (χ0) is 15.5. The maximum absolute atomic E-state index is 12.2. The third-order valence-corrected chi connectivity index (χ3v) is 4.09. The fraction of sp³-hybridized carbons (Fsp3) is 0.133. The molecular weight excluding hydrogens is 300 g/mol. The minimum atomic E-state index is -0.247. The molecule has 0 spiro atoms. The van der Waals surface area contributed by atoms with Crippen LogP contribution >= 0.6 is 11.3 Å². The van der Waals surface area contributed by atoms with Crippen molar-refractivity contribution in [1.82, 2.24) is 14.3 Å². The summed E-state index contributed by atoms with van der Waals surface area (Å²) in [5.41, 5.74) is 2.21. The minimum Gasteiger partial charge on any atom is -0.323 e. The largest absolute Gasteiger partial charge is 0.323 e. The summed E-state index contributed by atoms with van der Waals surface area (Å²) in [6.45, 7) is 1.81. The first-order valence-electron chi connectivity index (χ1n) is 6.69. The maximum atomic E-state index is 12.2. The van der Waals surface area contributed by atoms with E-state index in [1.165, 1.54) is 4.57 Å². The fourth-order valence-electron chi connectivity index (χ4n) is 2.12. The first-order chi connectivity index (χ1) is 10.6. The van der Waals surface area contributed by atoms with E-state index in [2.05, 4.69) is 10.4 Å². The van der Waals surface area contributed by atoms with E-state index in [-0.39, 0.29) is 17.3 Å². The molecule has 7 heteroatoms. The average molecular weight is 314 g/mol. The van der Waals surface area contributed by atoms with E-state index in [0.717, 1.165) is 22.7 Å². The van der Waals surface area contributed by atoms with Crippen LogP contribution in [0.3, 0.4) is 0 Å². The predicted molar refractivity (Wildman–Crippen MR) is 85.5 cm³/mol. The molecule has 0 saturated heterocycles. The molecular formula is C15H14N4O2S. The first kappa shape index (κ1) is 14.3. The molecule has 0 bridgehead atoms. The van der Waals surface area contributed by atoms with Crippen LogP contribution in [0.5, 0.6) is 0 Å². The minimum absolute atomic E-state index is 0.00160. The van der Waals surface area contributed by atoms with Gasteiger partial charge < -0.3 is 5.32 Å². The molecule has 0 aliphatic heterocycles. The van der Waals surface area contributed by atoms with Crippen LogP contribution in [0.2, 0.25) is 0 Å². The van der Waals surface area contributed by atoms with Gasteiger partial charge in [0.1, 0.15) is 6.54 Å². The number of benzene rings is 1. The summed E-state index contributed by atoms with van der Waals surface area (Å²) in [5.74, 6) is -0.247. The molecule has 1 aromatic carbocycles. The number of hydrogen-bond acceptors (Lipinski definition) is 4. The van der Waals surface area contributed by atoms with Crippen LogP contribution in [0.25, 0.3) is 5.69 Å². The van der Waals surface area contributed by atoms with Crippen LogP contribution in [0.15, 0.2) is 52.9 Å².